The molecule has 17 heavy (non-hydrogen) atoms. The number of benzene rings is 2. The van der Waals surface area contributed by atoms with Crippen molar-refractivity contribution in [3.05, 3.63) is 70.2 Å². The molecule has 0 heterocycles. The fourth-order valence-corrected chi connectivity index (χ4v) is 2.61. The molecule has 0 spiro atoms. The van der Waals surface area contributed by atoms with Crippen LogP contribution in [0.25, 0.3) is 0 Å². The number of rotatable bonds is 2. The minimum Gasteiger partial charge on any atom is -0.204 e. The predicted octanol–water partition coefficient (Wildman–Crippen LogP) is 5.10. The highest BCUT2D eigenvalue weighted by atomic mass is 79.9. The molecule has 2 rings (SSSR count). The van der Waals surface area contributed by atoms with Gasteiger partial charge < -0.3 is 0 Å². The first kappa shape index (κ1) is 12.5. The molecule has 0 nitrogen and oxygen atoms in total. The Morgan fingerprint density at radius 2 is 1.59 bits per heavy atom. The van der Waals surface area contributed by atoms with E-state index in [1.807, 2.05) is 30.3 Å². The van der Waals surface area contributed by atoms with Gasteiger partial charge in [-0.1, -0.05) is 57.9 Å². The molecule has 0 aromatic heterocycles. The van der Waals surface area contributed by atoms with E-state index < -0.39 is 11.6 Å². The van der Waals surface area contributed by atoms with Crippen LogP contribution in [0.4, 0.5) is 8.78 Å². The lowest BCUT2D eigenvalue weighted by molar-refractivity contribution is 0.507. The van der Waals surface area contributed by atoms with Gasteiger partial charge in [0, 0.05) is 5.02 Å². The lowest BCUT2D eigenvalue weighted by atomic mass is 10.0. The van der Waals surface area contributed by atoms with Gasteiger partial charge in [-0.3, -0.25) is 0 Å². The van der Waals surface area contributed by atoms with Crippen molar-refractivity contribution in [3.8, 4) is 0 Å². The molecular formula is C13H8BrClF2. The molecule has 0 bridgehead atoms. The quantitative estimate of drug-likeness (QED) is 0.534. The Hall–Kier alpha value is -0.930. The lowest BCUT2D eigenvalue weighted by Crippen LogP contribution is -1.96. The van der Waals surface area contributed by atoms with Crippen molar-refractivity contribution < 1.29 is 8.78 Å². The number of hydrogen-bond donors (Lipinski definition) is 0. The highest BCUT2D eigenvalue weighted by molar-refractivity contribution is 9.09. The van der Waals surface area contributed by atoms with Crippen molar-refractivity contribution in [2.24, 2.45) is 0 Å². The maximum Gasteiger partial charge on any atom is 0.160 e. The summed E-state index contributed by atoms with van der Waals surface area (Å²) < 4.78 is 26.1. The highest BCUT2D eigenvalue weighted by Gasteiger charge is 2.16. The Bertz CT molecular complexity index is 528. The SMILES string of the molecule is Fc1cc(Cl)c(C(Br)c2ccccc2)cc1F. The van der Waals surface area contributed by atoms with E-state index >= 15 is 0 Å². The first-order valence-corrected chi connectivity index (χ1v) is 6.22. The van der Waals surface area contributed by atoms with Crippen LogP contribution < -0.4 is 0 Å². The smallest absolute Gasteiger partial charge is 0.160 e. The maximum atomic E-state index is 13.2. The maximum absolute atomic E-state index is 13.2. The molecule has 2 aromatic rings. The van der Waals surface area contributed by atoms with Crippen LogP contribution in [0.3, 0.4) is 0 Å². The molecule has 1 atom stereocenters. The Morgan fingerprint density at radius 3 is 2.24 bits per heavy atom. The van der Waals surface area contributed by atoms with Gasteiger partial charge >= 0.3 is 0 Å². The first-order valence-electron chi connectivity index (χ1n) is 4.93. The molecule has 0 aliphatic carbocycles. The number of halogens is 4. The zero-order valence-electron chi connectivity index (χ0n) is 8.63. The summed E-state index contributed by atoms with van der Waals surface area (Å²) in [7, 11) is 0. The normalized spacial score (nSPS) is 12.5. The molecule has 0 saturated carbocycles. The topological polar surface area (TPSA) is 0 Å². The molecule has 0 amide bonds. The summed E-state index contributed by atoms with van der Waals surface area (Å²) in [5, 5.41) is 0.203. The van der Waals surface area contributed by atoms with E-state index in [0.717, 1.165) is 17.7 Å². The van der Waals surface area contributed by atoms with Crippen LogP contribution in [0.1, 0.15) is 16.0 Å². The second kappa shape index (κ2) is 5.15. The summed E-state index contributed by atoms with van der Waals surface area (Å²) in [5.41, 5.74) is 1.44. The van der Waals surface area contributed by atoms with Crippen molar-refractivity contribution >= 4 is 27.5 Å². The van der Waals surface area contributed by atoms with Gasteiger partial charge in [0.2, 0.25) is 0 Å². The second-order valence-electron chi connectivity index (χ2n) is 3.56. The first-order chi connectivity index (χ1) is 8.09. The predicted molar refractivity (Wildman–Crippen MR) is 68.6 cm³/mol. The molecule has 0 saturated heterocycles. The molecule has 4 heteroatoms. The Morgan fingerprint density at radius 1 is 1.00 bits per heavy atom. The number of alkyl halides is 1. The van der Waals surface area contributed by atoms with E-state index in [9.17, 15) is 8.78 Å². The van der Waals surface area contributed by atoms with Gasteiger partial charge in [-0.05, 0) is 23.3 Å². The van der Waals surface area contributed by atoms with E-state index in [1.165, 1.54) is 0 Å². The summed E-state index contributed by atoms with van der Waals surface area (Å²) in [5.74, 6) is -1.84. The summed E-state index contributed by atoms with van der Waals surface area (Å²) in [6.07, 6.45) is 0. The van der Waals surface area contributed by atoms with Gasteiger partial charge in [-0.15, -0.1) is 0 Å². The Balaban J connectivity index is 2.44. The minimum atomic E-state index is -0.938. The van der Waals surface area contributed by atoms with Crippen molar-refractivity contribution in [2.45, 2.75) is 4.83 Å². The summed E-state index contributed by atoms with van der Waals surface area (Å²) >= 11 is 9.34. The molecule has 88 valence electrons. The van der Waals surface area contributed by atoms with E-state index in [4.69, 9.17) is 11.6 Å². The van der Waals surface area contributed by atoms with E-state index in [0.29, 0.717) is 5.56 Å². The van der Waals surface area contributed by atoms with Gasteiger partial charge in [0.15, 0.2) is 11.6 Å². The highest BCUT2D eigenvalue weighted by Crippen LogP contribution is 2.35. The third-order valence-electron chi connectivity index (χ3n) is 2.40. The lowest BCUT2D eigenvalue weighted by Gasteiger charge is -2.12. The Labute approximate surface area is 111 Å². The molecule has 0 fully saturated rings. The van der Waals surface area contributed by atoms with Crippen LogP contribution >= 0.6 is 27.5 Å². The Kier molecular flexibility index (Phi) is 3.79. The van der Waals surface area contributed by atoms with Crippen molar-refractivity contribution in [1.29, 1.82) is 0 Å². The average Bonchev–Trinajstić information content (AvgIpc) is 2.34. The van der Waals surface area contributed by atoms with Crippen LogP contribution in [0.2, 0.25) is 5.02 Å². The van der Waals surface area contributed by atoms with Crippen molar-refractivity contribution in [3.63, 3.8) is 0 Å². The summed E-state index contributed by atoms with van der Waals surface area (Å²) in [6, 6.07) is 11.5. The van der Waals surface area contributed by atoms with Crippen molar-refractivity contribution in [2.75, 3.05) is 0 Å². The number of hydrogen-bond acceptors (Lipinski definition) is 0. The van der Waals surface area contributed by atoms with Crippen LogP contribution in [0.15, 0.2) is 42.5 Å². The van der Waals surface area contributed by atoms with E-state index in [2.05, 4.69) is 15.9 Å². The standard InChI is InChI=1S/C13H8BrClF2/c14-13(8-4-2-1-3-5-8)9-6-11(16)12(17)7-10(9)15/h1-7,13H. The van der Waals surface area contributed by atoms with Crippen LogP contribution in [0, 0.1) is 11.6 Å². The van der Waals surface area contributed by atoms with Crippen LogP contribution in [-0.4, -0.2) is 0 Å². The zero-order valence-corrected chi connectivity index (χ0v) is 11.0. The molecule has 0 aliphatic rings. The summed E-state index contributed by atoms with van der Waals surface area (Å²) in [6.45, 7) is 0. The van der Waals surface area contributed by atoms with Gasteiger partial charge in [-0.2, -0.15) is 0 Å². The molecule has 0 aliphatic heterocycles. The van der Waals surface area contributed by atoms with E-state index in [1.54, 1.807) is 0 Å². The molecule has 2 aromatic carbocycles. The zero-order chi connectivity index (χ0) is 12.4. The second-order valence-corrected chi connectivity index (χ2v) is 4.88. The largest absolute Gasteiger partial charge is 0.204 e. The average molecular weight is 318 g/mol. The van der Waals surface area contributed by atoms with Gasteiger partial charge in [-0.25, -0.2) is 8.78 Å². The molecule has 0 radical (unpaired) electrons. The summed E-state index contributed by atoms with van der Waals surface area (Å²) in [4.78, 5) is -0.258. The van der Waals surface area contributed by atoms with Gasteiger partial charge in [0.1, 0.15) is 0 Å². The third-order valence-corrected chi connectivity index (χ3v) is 3.75. The monoisotopic (exact) mass is 316 g/mol. The van der Waals surface area contributed by atoms with Gasteiger partial charge in [0.25, 0.3) is 0 Å². The fraction of sp³-hybridized carbons (Fsp3) is 0.0769. The fourth-order valence-electron chi connectivity index (χ4n) is 1.53. The van der Waals surface area contributed by atoms with Crippen LogP contribution in [0.5, 0.6) is 0 Å². The molecule has 1 unspecified atom stereocenters. The van der Waals surface area contributed by atoms with Crippen LogP contribution in [-0.2, 0) is 0 Å². The van der Waals surface area contributed by atoms with Crippen molar-refractivity contribution in [1.82, 2.24) is 0 Å². The minimum absolute atomic E-state index is 0.203. The third kappa shape index (κ3) is 2.67. The molecule has 0 N–H and O–H groups in total. The van der Waals surface area contributed by atoms with Gasteiger partial charge in [0.05, 0.1) is 4.83 Å². The molecular weight excluding hydrogens is 309 g/mol. The van der Waals surface area contributed by atoms with E-state index in [-0.39, 0.29) is 9.85 Å².